The second-order valence-electron chi connectivity index (χ2n) is 3.56. The molecule has 84 valence electrons. The zero-order valence-corrected chi connectivity index (χ0v) is 11.7. The van der Waals surface area contributed by atoms with E-state index in [4.69, 9.17) is 0 Å². The van der Waals surface area contributed by atoms with Crippen molar-refractivity contribution in [1.82, 2.24) is 9.97 Å². The van der Waals surface area contributed by atoms with Crippen molar-refractivity contribution in [3.63, 3.8) is 0 Å². The Labute approximate surface area is 110 Å². The van der Waals surface area contributed by atoms with E-state index < -0.39 is 0 Å². The van der Waals surface area contributed by atoms with Crippen LogP contribution in [0.15, 0.2) is 16.2 Å². The third-order valence-corrected chi connectivity index (χ3v) is 5.14. The van der Waals surface area contributed by atoms with Crippen molar-refractivity contribution < 1.29 is 0 Å². The Morgan fingerprint density at radius 1 is 1.25 bits per heavy atom. The molecule has 1 aliphatic heterocycles. The third-order valence-electron chi connectivity index (χ3n) is 2.57. The van der Waals surface area contributed by atoms with E-state index in [0.29, 0.717) is 0 Å². The van der Waals surface area contributed by atoms with Crippen LogP contribution in [0.25, 0.3) is 10.2 Å². The summed E-state index contributed by atoms with van der Waals surface area (Å²) in [6, 6.07) is 2.06. The molecular formula is C10H10BrN3S2. The zero-order chi connectivity index (χ0) is 11.0. The molecule has 16 heavy (non-hydrogen) atoms. The molecule has 0 spiro atoms. The lowest BCUT2D eigenvalue weighted by Gasteiger charge is -2.27. The maximum atomic E-state index is 4.44. The van der Waals surface area contributed by atoms with Crippen LogP contribution in [0.5, 0.6) is 0 Å². The van der Waals surface area contributed by atoms with Crippen LogP contribution in [0.3, 0.4) is 0 Å². The minimum Gasteiger partial charge on any atom is -0.354 e. The van der Waals surface area contributed by atoms with E-state index in [1.165, 1.54) is 16.2 Å². The maximum Gasteiger partial charge on any atom is 0.150 e. The van der Waals surface area contributed by atoms with E-state index in [-0.39, 0.29) is 0 Å². The maximum absolute atomic E-state index is 4.44. The van der Waals surface area contributed by atoms with Gasteiger partial charge in [-0.05, 0) is 22.0 Å². The minimum atomic E-state index is 1.04. The lowest BCUT2D eigenvalue weighted by Crippen LogP contribution is -2.33. The molecule has 2 aromatic heterocycles. The van der Waals surface area contributed by atoms with Crippen LogP contribution in [-0.4, -0.2) is 34.6 Å². The van der Waals surface area contributed by atoms with Gasteiger partial charge in [0.25, 0.3) is 0 Å². The number of thioether (sulfide) groups is 1. The predicted molar refractivity (Wildman–Crippen MR) is 74.7 cm³/mol. The zero-order valence-electron chi connectivity index (χ0n) is 8.52. The number of halogens is 1. The number of anilines is 1. The second-order valence-corrected chi connectivity index (χ2v) is 7.22. The van der Waals surface area contributed by atoms with Crippen molar-refractivity contribution in [3.05, 3.63) is 16.2 Å². The normalized spacial score (nSPS) is 16.9. The summed E-state index contributed by atoms with van der Waals surface area (Å²) in [6.07, 6.45) is 1.67. The monoisotopic (exact) mass is 315 g/mol. The van der Waals surface area contributed by atoms with Gasteiger partial charge in [0.05, 0.1) is 14.0 Å². The summed E-state index contributed by atoms with van der Waals surface area (Å²) in [6.45, 7) is 2.18. The summed E-state index contributed by atoms with van der Waals surface area (Å²) in [5.74, 6) is 3.48. The lowest BCUT2D eigenvalue weighted by atomic mass is 10.4. The van der Waals surface area contributed by atoms with Gasteiger partial charge in [0.2, 0.25) is 0 Å². The first-order valence-electron chi connectivity index (χ1n) is 5.07. The summed E-state index contributed by atoms with van der Waals surface area (Å²) < 4.78 is 2.32. The third kappa shape index (κ3) is 1.94. The highest BCUT2D eigenvalue weighted by atomic mass is 79.9. The van der Waals surface area contributed by atoms with E-state index in [0.717, 1.165) is 28.2 Å². The Morgan fingerprint density at radius 3 is 2.88 bits per heavy atom. The van der Waals surface area contributed by atoms with Crippen molar-refractivity contribution in [1.29, 1.82) is 0 Å². The van der Waals surface area contributed by atoms with E-state index in [1.807, 2.05) is 11.8 Å². The molecule has 1 saturated heterocycles. The molecule has 0 atom stereocenters. The average molecular weight is 316 g/mol. The summed E-state index contributed by atoms with van der Waals surface area (Å²) in [5.41, 5.74) is 1.04. The summed E-state index contributed by atoms with van der Waals surface area (Å²) >= 11 is 7.24. The number of thiophene rings is 1. The minimum absolute atomic E-state index is 1.04. The van der Waals surface area contributed by atoms with Crippen LogP contribution < -0.4 is 4.90 Å². The van der Waals surface area contributed by atoms with Crippen molar-refractivity contribution >= 4 is 55.1 Å². The highest BCUT2D eigenvalue weighted by molar-refractivity contribution is 9.11. The topological polar surface area (TPSA) is 29.0 Å². The van der Waals surface area contributed by atoms with Gasteiger partial charge in [0.1, 0.15) is 12.1 Å². The van der Waals surface area contributed by atoms with E-state index in [2.05, 4.69) is 36.9 Å². The molecule has 0 amide bonds. The first-order chi connectivity index (χ1) is 7.84. The second kappa shape index (κ2) is 4.50. The van der Waals surface area contributed by atoms with Crippen molar-refractivity contribution in [3.8, 4) is 0 Å². The lowest BCUT2D eigenvalue weighted by molar-refractivity contribution is 0.843. The molecular weight excluding hydrogens is 306 g/mol. The molecule has 2 aromatic rings. The summed E-state index contributed by atoms with van der Waals surface area (Å²) in [4.78, 5) is 11.1. The highest BCUT2D eigenvalue weighted by Crippen LogP contribution is 2.34. The van der Waals surface area contributed by atoms with E-state index >= 15 is 0 Å². The molecule has 0 N–H and O–H groups in total. The molecule has 0 bridgehead atoms. The van der Waals surface area contributed by atoms with Crippen molar-refractivity contribution in [2.75, 3.05) is 29.5 Å². The standard InChI is InChI=1S/C10H10BrN3S2/c11-8-5-7-9(16-8)10(13-6-12-7)14-1-3-15-4-2-14/h5-6H,1-4H2. The highest BCUT2D eigenvalue weighted by Gasteiger charge is 2.16. The first-order valence-corrected chi connectivity index (χ1v) is 7.84. The van der Waals surface area contributed by atoms with Gasteiger partial charge >= 0.3 is 0 Å². The molecule has 0 radical (unpaired) electrons. The van der Waals surface area contributed by atoms with Crippen LogP contribution in [0.4, 0.5) is 5.82 Å². The molecule has 0 aromatic carbocycles. The SMILES string of the molecule is Brc1cc2ncnc(N3CCSCC3)c2s1. The van der Waals surface area contributed by atoms with Crippen molar-refractivity contribution in [2.45, 2.75) is 0 Å². The summed E-state index contributed by atoms with van der Waals surface area (Å²) in [5, 5.41) is 0. The van der Waals surface area contributed by atoms with Crippen LogP contribution in [0.1, 0.15) is 0 Å². The number of hydrogen-bond acceptors (Lipinski definition) is 5. The van der Waals surface area contributed by atoms with Gasteiger partial charge in [0.15, 0.2) is 0 Å². The van der Waals surface area contributed by atoms with Gasteiger partial charge in [-0.25, -0.2) is 9.97 Å². The fourth-order valence-electron chi connectivity index (χ4n) is 1.81. The van der Waals surface area contributed by atoms with Crippen molar-refractivity contribution in [2.24, 2.45) is 0 Å². The number of aromatic nitrogens is 2. The Morgan fingerprint density at radius 2 is 2.06 bits per heavy atom. The fourth-order valence-corrected chi connectivity index (χ4v) is 4.27. The van der Waals surface area contributed by atoms with Gasteiger partial charge in [-0.15, -0.1) is 11.3 Å². The van der Waals surface area contributed by atoms with Gasteiger partial charge in [-0.1, -0.05) is 0 Å². The molecule has 3 heterocycles. The molecule has 1 fully saturated rings. The van der Waals surface area contributed by atoms with Gasteiger partial charge in [0, 0.05) is 24.6 Å². The smallest absolute Gasteiger partial charge is 0.150 e. The average Bonchev–Trinajstić information content (AvgIpc) is 2.70. The van der Waals surface area contributed by atoms with Crippen LogP contribution in [0, 0.1) is 0 Å². The first kappa shape index (κ1) is 10.8. The molecule has 0 unspecified atom stereocenters. The summed E-state index contributed by atoms with van der Waals surface area (Å²) in [7, 11) is 0. The van der Waals surface area contributed by atoms with Gasteiger partial charge in [-0.3, -0.25) is 0 Å². The Kier molecular flexibility index (Phi) is 3.04. The number of fused-ring (bicyclic) bond motifs is 1. The predicted octanol–water partition coefficient (Wildman–Crippen LogP) is 3.01. The van der Waals surface area contributed by atoms with Gasteiger partial charge in [-0.2, -0.15) is 11.8 Å². The van der Waals surface area contributed by atoms with Crippen LogP contribution in [0.2, 0.25) is 0 Å². The molecule has 3 nitrogen and oxygen atoms in total. The van der Waals surface area contributed by atoms with E-state index in [1.54, 1.807) is 17.7 Å². The fraction of sp³-hybridized carbons (Fsp3) is 0.400. The van der Waals surface area contributed by atoms with E-state index in [9.17, 15) is 0 Å². The Bertz CT molecular complexity index is 508. The molecule has 0 saturated carbocycles. The molecule has 1 aliphatic rings. The molecule has 6 heteroatoms. The molecule has 0 aliphatic carbocycles. The van der Waals surface area contributed by atoms with Crippen LogP contribution in [-0.2, 0) is 0 Å². The Hall–Kier alpha value is -0.330. The Balaban J connectivity index is 2.07. The number of rotatable bonds is 1. The number of nitrogens with zero attached hydrogens (tertiary/aromatic N) is 3. The largest absolute Gasteiger partial charge is 0.354 e. The van der Waals surface area contributed by atoms with Gasteiger partial charge < -0.3 is 4.90 Å². The number of hydrogen-bond donors (Lipinski definition) is 0. The quantitative estimate of drug-likeness (QED) is 0.809. The van der Waals surface area contributed by atoms with Crippen LogP contribution >= 0.6 is 39.0 Å². The molecule has 3 rings (SSSR count).